The molecule has 24 heavy (non-hydrogen) atoms. The Balaban J connectivity index is 1.67. The third kappa shape index (κ3) is 3.46. The molecule has 1 heterocycles. The van der Waals surface area contributed by atoms with Crippen LogP contribution in [0.2, 0.25) is 0 Å². The zero-order valence-corrected chi connectivity index (χ0v) is 15.0. The van der Waals surface area contributed by atoms with Crippen molar-refractivity contribution < 1.29 is 14.3 Å². The first-order chi connectivity index (χ1) is 11.7. The average molecular weight is 388 g/mol. The molecule has 0 amide bonds. The van der Waals surface area contributed by atoms with Gasteiger partial charge < -0.3 is 14.0 Å². The summed E-state index contributed by atoms with van der Waals surface area (Å²) in [5.41, 5.74) is 1.76. The van der Waals surface area contributed by atoms with Crippen molar-refractivity contribution in [3.8, 4) is 11.5 Å². The largest absolute Gasteiger partial charge is 0.493 e. The van der Waals surface area contributed by atoms with Crippen LogP contribution >= 0.6 is 15.9 Å². The van der Waals surface area contributed by atoms with Crippen LogP contribution in [-0.4, -0.2) is 24.6 Å². The SMILES string of the molecule is COc1ccccc1OCCCn1cc(C=O)c2cc(Br)ccc21. The minimum atomic E-state index is 0.576. The number of aromatic nitrogens is 1. The summed E-state index contributed by atoms with van der Waals surface area (Å²) in [5.74, 6) is 1.48. The van der Waals surface area contributed by atoms with E-state index < -0.39 is 0 Å². The molecule has 2 aromatic carbocycles. The third-order valence-corrected chi connectivity index (χ3v) is 4.36. The summed E-state index contributed by atoms with van der Waals surface area (Å²) in [6.45, 7) is 1.36. The summed E-state index contributed by atoms with van der Waals surface area (Å²) in [4.78, 5) is 11.3. The van der Waals surface area contributed by atoms with E-state index in [0.717, 1.165) is 46.1 Å². The minimum absolute atomic E-state index is 0.576. The molecular formula is C19H18BrNO3. The number of ether oxygens (including phenoxy) is 2. The average Bonchev–Trinajstić information content (AvgIpc) is 2.96. The third-order valence-electron chi connectivity index (χ3n) is 3.87. The van der Waals surface area contributed by atoms with Gasteiger partial charge in [-0.15, -0.1) is 0 Å². The number of hydrogen-bond acceptors (Lipinski definition) is 3. The molecule has 124 valence electrons. The summed E-state index contributed by atoms with van der Waals surface area (Å²) < 4.78 is 14.1. The van der Waals surface area contributed by atoms with E-state index in [9.17, 15) is 4.79 Å². The second kappa shape index (κ2) is 7.53. The highest BCUT2D eigenvalue weighted by Crippen LogP contribution is 2.27. The maximum Gasteiger partial charge on any atom is 0.161 e. The molecule has 4 nitrogen and oxygen atoms in total. The molecule has 0 atom stereocenters. The molecule has 3 aromatic rings. The van der Waals surface area contributed by atoms with Gasteiger partial charge in [-0.2, -0.15) is 0 Å². The summed E-state index contributed by atoms with van der Waals surface area (Å²) in [6, 6.07) is 13.6. The molecule has 0 spiro atoms. The van der Waals surface area contributed by atoms with E-state index in [2.05, 4.69) is 20.5 Å². The quantitative estimate of drug-likeness (QED) is 0.435. The maximum atomic E-state index is 11.3. The molecule has 0 aliphatic carbocycles. The lowest BCUT2D eigenvalue weighted by molar-refractivity contribution is 0.112. The second-order valence-corrected chi connectivity index (χ2v) is 6.33. The fraction of sp³-hybridized carbons (Fsp3) is 0.211. The summed E-state index contributed by atoms with van der Waals surface area (Å²) >= 11 is 3.45. The first-order valence-electron chi connectivity index (χ1n) is 7.72. The molecule has 0 fully saturated rings. The van der Waals surface area contributed by atoms with Gasteiger partial charge in [-0.1, -0.05) is 28.1 Å². The van der Waals surface area contributed by atoms with Crippen LogP contribution in [0.3, 0.4) is 0 Å². The van der Waals surface area contributed by atoms with Gasteiger partial charge in [0.2, 0.25) is 0 Å². The number of fused-ring (bicyclic) bond motifs is 1. The zero-order chi connectivity index (χ0) is 16.9. The molecule has 3 rings (SSSR count). The van der Waals surface area contributed by atoms with E-state index in [1.165, 1.54) is 0 Å². The van der Waals surface area contributed by atoms with E-state index in [1.807, 2.05) is 48.7 Å². The van der Waals surface area contributed by atoms with Crippen molar-refractivity contribution in [2.24, 2.45) is 0 Å². The smallest absolute Gasteiger partial charge is 0.161 e. The Kier molecular flexibility index (Phi) is 5.20. The summed E-state index contributed by atoms with van der Waals surface area (Å²) in [7, 11) is 1.63. The van der Waals surface area contributed by atoms with Crippen LogP contribution in [0.25, 0.3) is 10.9 Å². The molecule has 0 N–H and O–H groups in total. The van der Waals surface area contributed by atoms with Crippen LogP contribution in [0.15, 0.2) is 53.1 Å². The topological polar surface area (TPSA) is 40.5 Å². The van der Waals surface area contributed by atoms with Gasteiger partial charge in [-0.25, -0.2) is 0 Å². The highest BCUT2D eigenvalue weighted by molar-refractivity contribution is 9.10. The molecular weight excluding hydrogens is 370 g/mol. The fourth-order valence-electron chi connectivity index (χ4n) is 2.73. The molecule has 0 aliphatic heterocycles. The van der Waals surface area contributed by atoms with Gasteiger partial charge in [0.05, 0.1) is 13.7 Å². The van der Waals surface area contributed by atoms with Gasteiger partial charge in [0.15, 0.2) is 17.8 Å². The molecule has 1 aromatic heterocycles. The number of halogens is 1. The Bertz CT molecular complexity index is 857. The van der Waals surface area contributed by atoms with Crippen LogP contribution in [0.1, 0.15) is 16.8 Å². The number of carbonyl (C=O) groups is 1. The molecule has 0 bridgehead atoms. The number of methoxy groups -OCH3 is 1. The van der Waals surface area contributed by atoms with Crippen molar-refractivity contribution in [2.75, 3.05) is 13.7 Å². The molecule has 0 unspecified atom stereocenters. The molecule has 0 radical (unpaired) electrons. The van der Waals surface area contributed by atoms with Crippen molar-refractivity contribution in [3.63, 3.8) is 0 Å². The lowest BCUT2D eigenvalue weighted by Gasteiger charge is -2.11. The fourth-order valence-corrected chi connectivity index (χ4v) is 3.09. The number of aryl methyl sites for hydroxylation is 1. The van der Waals surface area contributed by atoms with E-state index in [0.29, 0.717) is 12.2 Å². The highest BCUT2D eigenvalue weighted by atomic mass is 79.9. The Morgan fingerprint density at radius 1 is 1.17 bits per heavy atom. The lowest BCUT2D eigenvalue weighted by atomic mass is 10.2. The van der Waals surface area contributed by atoms with E-state index >= 15 is 0 Å². The van der Waals surface area contributed by atoms with E-state index in [1.54, 1.807) is 7.11 Å². The van der Waals surface area contributed by atoms with Crippen molar-refractivity contribution in [2.45, 2.75) is 13.0 Å². The molecule has 0 aliphatic rings. The zero-order valence-electron chi connectivity index (χ0n) is 13.4. The Morgan fingerprint density at radius 3 is 2.71 bits per heavy atom. The van der Waals surface area contributed by atoms with E-state index in [4.69, 9.17) is 9.47 Å². The van der Waals surface area contributed by atoms with Crippen molar-refractivity contribution in [1.82, 2.24) is 4.57 Å². The van der Waals surface area contributed by atoms with Crippen LogP contribution < -0.4 is 9.47 Å². The van der Waals surface area contributed by atoms with Crippen molar-refractivity contribution in [3.05, 3.63) is 58.7 Å². The maximum absolute atomic E-state index is 11.3. The Labute approximate surface area is 149 Å². The minimum Gasteiger partial charge on any atom is -0.493 e. The molecule has 0 saturated carbocycles. The molecule has 0 saturated heterocycles. The van der Waals surface area contributed by atoms with Crippen LogP contribution in [-0.2, 0) is 6.54 Å². The monoisotopic (exact) mass is 387 g/mol. The number of para-hydroxylation sites is 2. The van der Waals surface area contributed by atoms with Crippen LogP contribution in [0.4, 0.5) is 0 Å². The summed E-state index contributed by atoms with van der Waals surface area (Å²) in [5, 5.41) is 0.963. The number of rotatable bonds is 7. The Morgan fingerprint density at radius 2 is 1.96 bits per heavy atom. The van der Waals surface area contributed by atoms with Crippen molar-refractivity contribution >= 4 is 33.1 Å². The lowest BCUT2D eigenvalue weighted by Crippen LogP contribution is -2.04. The van der Waals surface area contributed by atoms with Crippen LogP contribution in [0.5, 0.6) is 11.5 Å². The summed E-state index contributed by atoms with van der Waals surface area (Å²) in [6.07, 6.45) is 3.63. The number of carbonyl (C=O) groups excluding carboxylic acids is 1. The number of hydrogen-bond donors (Lipinski definition) is 0. The number of aldehydes is 1. The predicted molar refractivity (Wildman–Crippen MR) is 98.1 cm³/mol. The van der Waals surface area contributed by atoms with Gasteiger partial charge in [0, 0.05) is 33.7 Å². The predicted octanol–water partition coefficient (Wildman–Crippen LogP) is 4.69. The second-order valence-electron chi connectivity index (χ2n) is 5.41. The molecule has 5 heteroatoms. The van der Waals surface area contributed by atoms with Crippen LogP contribution in [0, 0.1) is 0 Å². The number of nitrogens with zero attached hydrogens (tertiary/aromatic N) is 1. The van der Waals surface area contributed by atoms with E-state index in [-0.39, 0.29) is 0 Å². The van der Waals surface area contributed by atoms with Gasteiger partial charge in [0.25, 0.3) is 0 Å². The van der Waals surface area contributed by atoms with Gasteiger partial charge >= 0.3 is 0 Å². The van der Waals surface area contributed by atoms with Gasteiger partial charge in [-0.3, -0.25) is 4.79 Å². The highest BCUT2D eigenvalue weighted by Gasteiger charge is 2.08. The van der Waals surface area contributed by atoms with Gasteiger partial charge in [0.1, 0.15) is 0 Å². The standard InChI is InChI=1S/C19H18BrNO3/c1-23-18-5-2-3-6-19(18)24-10-4-9-21-12-14(13-22)16-11-15(20)7-8-17(16)21/h2-3,5-8,11-13H,4,9-10H2,1H3. The Hall–Kier alpha value is -2.27. The first kappa shape index (κ1) is 16.6. The van der Waals surface area contributed by atoms with Gasteiger partial charge in [-0.05, 0) is 36.8 Å². The number of benzene rings is 2. The van der Waals surface area contributed by atoms with Crippen molar-refractivity contribution in [1.29, 1.82) is 0 Å². The first-order valence-corrected chi connectivity index (χ1v) is 8.51. The normalized spacial score (nSPS) is 10.8.